The Balaban J connectivity index is 3.12. The normalized spacial score (nSPS) is 12.6. The molecule has 0 bridgehead atoms. The molecule has 0 aliphatic rings. The molecule has 4 nitrogen and oxygen atoms in total. The minimum atomic E-state index is -3.57. The summed E-state index contributed by atoms with van der Waals surface area (Å²) in [6, 6.07) is 4.94. The Morgan fingerprint density at radius 1 is 1.43 bits per heavy atom. The number of aryl methyl sites for hydroxylation is 1. The van der Waals surface area contributed by atoms with Crippen molar-refractivity contribution in [2.24, 2.45) is 0 Å². The molecule has 0 amide bonds. The third-order valence-electron chi connectivity index (χ3n) is 2.97. The molecule has 0 saturated carbocycles. The van der Waals surface area contributed by atoms with Crippen LogP contribution in [0.2, 0.25) is 0 Å². The standard InChI is InChI=1S/C15H21NO3S2/c1-4-14(11-20-3)16-21(18,19)15-10-13(6-5-9-17)8-7-12(15)2/h7-8,10,14,16-17H,4,9,11H2,1-3H3. The maximum absolute atomic E-state index is 12.5. The highest BCUT2D eigenvalue weighted by molar-refractivity contribution is 7.98. The predicted molar refractivity (Wildman–Crippen MR) is 87.9 cm³/mol. The van der Waals surface area contributed by atoms with Crippen LogP contribution in [0.25, 0.3) is 0 Å². The third-order valence-corrected chi connectivity index (χ3v) is 5.37. The molecule has 0 fully saturated rings. The van der Waals surface area contributed by atoms with Crippen molar-refractivity contribution in [3.63, 3.8) is 0 Å². The number of thioether (sulfide) groups is 1. The molecule has 1 aromatic rings. The SMILES string of the molecule is CCC(CSC)NS(=O)(=O)c1cc(C#CCO)ccc1C. The lowest BCUT2D eigenvalue weighted by atomic mass is 10.1. The second kappa shape index (κ2) is 8.44. The number of hydrogen-bond donors (Lipinski definition) is 2. The van der Waals surface area contributed by atoms with Gasteiger partial charge in [-0.3, -0.25) is 0 Å². The summed E-state index contributed by atoms with van der Waals surface area (Å²) in [5, 5.41) is 8.71. The minimum absolute atomic E-state index is 0.0865. The summed E-state index contributed by atoms with van der Waals surface area (Å²) in [7, 11) is -3.57. The smallest absolute Gasteiger partial charge is 0.241 e. The largest absolute Gasteiger partial charge is 0.384 e. The summed E-state index contributed by atoms with van der Waals surface area (Å²) in [5.74, 6) is 5.99. The van der Waals surface area contributed by atoms with Gasteiger partial charge in [0, 0.05) is 17.4 Å². The Hall–Kier alpha value is -1.00. The van der Waals surface area contributed by atoms with Crippen LogP contribution in [-0.2, 0) is 10.0 Å². The molecule has 1 aromatic carbocycles. The van der Waals surface area contributed by atoms with Crippen LogP contribution in [0, 0.1) is 18.8 Å². The summed E-state index contributed by atoms with van der Waals surface area (Å²) < 4.78 is 27.7. The zero-order valence-corrected chi connectivity index (χ0v) is 14.1. The number of nitrogens with one attached hydrogen (secondary N) is 1. The van der Waals surface area contributed by atoms with E-state index in [1.54, 1.807) is 36.9 Å². The topological polar surface area (TPSA) is 66.4 Å². The van der Waals surface area contributed by atoms with Crippen LogP contribution >= 0.6 is 11.8 Å². The highest BCUT2D eigenvalue weighted by atomic mass is 32.2. The van der Waals surface area contributed by atoms with Gasteiger partial charge >= 0.3 is 0 Å². The van der Waals surface area contributed by atoms with Gasteiger partial charge in [-0.15, -0.1) is 0 Å². The van der Waals surface area contributed by atoms with Crippen molar-refractivity contribution < 1.29 is 13.5 Å². The lowest BCUT2D eigenvalue weighted by molar-refractivity contribution is 0.350. The van der Waals surface area contributed by atoms with Crippen LogP contribution in [0.3, 0.4) is 0 Å². The average Bonchev–Trinajstić information content (AvgIpc) is 2.45. The average molecular weight is 327 g/mol. The first-order valence-electron chi connectivity index (χ1n) is 6.66. The van der Waals surface area contributed by atoms with Crippen molar-refractivity contribution >= 4 is 21.8 Å². The molecular weight excluding hydrogens is 306 g/mol. The van der Waals surface area contributed by atoms with Crippen LogP contribution in [0.5, 0.6) is 0 Å². The number of aliphatic hydroxyl groups is 1. The van der Waals surface area contributed by atoms with Gasteiger partial charge < -0.3 is 5.11 Å². The van der Waals surface area contributed by atoms with E-state index in [-0.39, 0.29) is 17.5 Å². The van der Waals surface area contributed by atoms with Crippen molar-refractivity contribution in [1.82, 2.24) is 4.72 Å². The molecule has 21 heavy (non-hydrogen) atoms. The van der Waals surface area contributed by atoms with Crippen LogP contribution in [0.1, 0.15) is 24.5 Å². The van der Waals surface area contributed by atoms with Crippen molar-refractivity contribution in [2.75, 3.05) is 18.6 Å². The molecule has 0 aliphatic heterocycles. The molecule has 0 spiro atoms. The molecule has 116 valence electrons. The summed E-state index contributed by atoms with van der Waals surface area (Å²) in [6.45, 7) is 3.46. The zero-order valence-electron chi connectivity index (χ0n) is 12.5. The summed E-state index contributed by atoms with van der Waals surface area (Å²) >= 11 is 1.61. The van der Waals surface area contributed by atoms with Crippen LogP contribution in [0.15, 0.2) is 23.1 Å². The maximum atomic E-state index is 12.5. The molecule has 0 aliphatic carbocycles. The molecule has 6 heteroatoms. The van der Waals surface area contributed by atoms with Gasteiger partial charge in [-0.25, -0.2) is 13.1 Å². The van der Waals surface area contributed by atoms with Crippen LogP contribution < -0.4 is 4.72 Å². The second-order valence-electron chi connectivity index (χ2n) is 4.62. The summed E-state index contributed by atoms with van der Waals surface area (Å²) in [4.78, 5) is 0.242. The Morgan fingerprint density at radius 3 is 2.71 bits per heavy atom. The van der Waals surface area contributed by atoms with Crippen LogP contribution in [0.4, 0.5) is 0 Å². The van der Waals surface area contributed by atoms with Gasteiger partial charge in [0.05, 0.1) is 4.90 Å². The van der Waals surface area contributed by atoms with E-state index in [2.05, 4.69) is 16.6 Å². The van der Waals surface area contributed by atoms with E-state index in [9.17, 15) is 8.42 Å². The lowest BCUT2D eigenvalue weighted by Crippen LogP contribution is -2.36. The van der Waals surface area contributed by atoms with Gasteiger partial charge in [0.25, 0.3) is 0 Å². The zero-order chi connectivity index (χ0) is 15.9. The molecule has 0 aromatic heterocycles. The minimum Gasteiger partial charge on any atom is -0.384 e. The van der Waals surface area contributed by atoms with Gasteiger partial charge in [0.1, 0.15) is 6.61 Å². The highest BCUT2D eigenvalue weighted by Gasteiger charge is 2.20. The molecule has 1 atom stereocenters. The fraction of sp³-hybridized carbons (Fsp3) is 0.467. The molecule has 1 rings (SSSR count). The highest BCUT2D eigenvalue weighted by Crippen LogP contribution is 2.18. The van der Waals surface area contributed by atoms with E-state index < -0.39 is 10.0 Å². The number of benzene rings is 1. The van der Waals surface area contributed by atoms with E-state index >= 15 is 0 Å². The first-order chi connectivity index (χ1) is 9.94. The summed E-state index contributed by atoms with van der Waals surface area (Å²) in [5.41, 5.74) is 1.25. The van der Waals surface area contributed by atoms with Crippen molar-refractivity contribution in [3.05, 3.63) is 29.3 Å². The van der Waals surface area contributed by atoms with Gasteiger partial charge in [-0.2, -0.15) is 11.8 Å². The first-order valence-corrected chi connectivity index (χ1v) is 9.54. The fourth-order valence-electron chi connectivity index (χ4n) is 1.83. The van der Waals surface area contributed by atoms with E-state index in [1.165, 1.54) is 0 Å². The van der Waals surface area contributed by atoms with E-state index in [0.717, 1.165) is 12.2 Å². The third kappa shape index (κ3) is 5.36. The van der Waals surface area contributed by atoms with Gasteiger partial charge in [-0.05, 0) is 37.3 Å². The van der Waals surface area contributed by atoms with Gasteiger partial charge in [0.15, 0.2) is 0 Å². The Kier molecular flexibility index (Phi) is 7.26. The fourth-order valence-corrected chi connectivity index (χ4v) is 4.24. The first kappa shape index (κ1) is 18.1. The molecule has 0 radical (unpaired) electrons. The number of hydrogen-bond acceptors (Lipinski definition) is 4. The monoisotopic (exact) mass is 327 g/mol. The molecule has 0 heterocycles. The van der Waals surface area contributed by atoms with Crippen molar-refractivity contribution in [2.45, 2.75) is 31.2 Å². The molecule has 2 N–H and O–H groups in total. The molecular formula is C15H21NO3S2. The number of aliphatic hydroxyl groups excluding tert-OH is 1. The number of sulfonamides is 1. The Bertz CT molecular complexity index is 630. The summed E-state index contributed by atoms with van der Waals surface area (Å²) in [6.07, 6.45) is 2.69. The predicted octanol–water partition coefficient (Wildman–Crippen LogP) is 1.76. The van der Waals surface area contributed by atoms with E-state index in [1.807, 2.05) is 13.2 Å². The second-order valence-corrected chi connectivity index (χ2v) is 7.22. The van der Waals surface area contributed by atoms with Crippen molar-refractivity contribution in [3.8, 4) is 11.8 Å². The van der Waals surface area contributed by atoms with Gasteiger partial charge in [-0.1, -0.05) is 24.8 Å². The van der Waals surface area contributed by atoms with Gasteiger partial charge in [0.2, 0.25) is 10.0 Å². The van der Waals surface area contributed by atoms with E-state index in [4.69, 9.17) is 5.11 Å². The van der Waals surface area contributed by atoms with E-state index in [0.29, 0.717) is 11.1 Å². The van der Waals surface area contributed by atoms with Crippen molar-refractivity contribution in [1.29, 1.82) is 0 Å². The molecule has 1 unspecified atom stereocenters. The number of rotatable bonds is 6. The molecule has 0 saturated heterocycles. The maximum Gasteiger partial charge on any atom is 0.241 e. The quantitative estimate of drug-likeness (QED) is 0.781. The van der Waals surface area contributed by atoms with Crippen LogP contribution in [-0.4, -0.2) is 38.2 Å². The Morgan fingerprint density at radius 2 is 2.14 bits per heavy atom. The lowest BCUT2D eigenvalue weighted by Gasteiger charge is -2.17. The Labute approximate surface area is 131 Å².